The molecule has 1 saturated heterocycles. The smallest absolute Gasteiger partial charge is 0.255 e. The van der Waals surface area contributed by atoms with Crippen LogP contribution in [0.15, 0.2) is 18.2 Å². The molecule has 2 aliphatic heterocycles. The van der Waals surface area contributed by atoms with Crippen LogP contribution in [-0.2, 0) is 16.1 Å². The zero-order valence-corrected chi connectivity index (χ0v) is 16.1. The second kappa shape index (κ2) is 6.79. The van der Waals surface area contributed by atoms with Gasteiger partial charge < -0.3 is 10.2 Å². The number of hydrogen-bond donors (Lipinski definition) is 2. The van der Waals surface area contributed by atoms with Gasteiger partial charge in [-0.25, -0.2) is 0 Å². The molecule has 1 aromatic carbocycles. The first-order valence-corrected chi connectivity index (χ1v) is 9.16. The van der Waals surface area contributed by atoms with Gasteiger partial charge in [0, 0.05) is 30.1 Å². The Morgan fingerprint density at radius 2 is 1.96 bits per heavy atom. The molecule has 1 unspecified atom stereocenters. The van der Waals surface area contributed by atoms with Gasteiger partial charge in [0.05, 0.1) is 0 Å². The van der Waals surface area contributed by atoms with Crippen LogP contribution in [0.4, 0.5) is 0 Å². The first-order valence-electron chi connectivity index (χ1n) is 9.16. The normalized spacial score (nSPS) is 21.0. The van der Waals surface area contributed by atoms with Crippen molar-refractivity contribution in [1.82, 2.24) is 15.5 Å². The lowest BCUT2D eigenvalue weighted by Crippen LogP contribution is -2.52. The molecule has 1 aromatic rings. The Bertz CT molecular complexity index is 825. The first-order chi connectivity index (χ1) is 12.6. The quantitative estimate of drug-likeness (QED) is 0.789. The second-order valence-electron chi connectivity index (χ2n) is 8.33. The van der Waals surface area contributed by atoms with Crippen molar-refractivity contribution in [2.24, 2.45) is 5.41 Å². The summed E-state index contributed by atoms with van der Waals surface area (Å²) < 4.78 is 0. The Hall–Kier alpha value is -2.70. The highest BCUT2D eigenvalue weighted by Crippen LogP contribution is 2.28. The van der Waals surface area contributed by atoms with Crippen LogP contribution in [0.25, 0.3) is 0 Å². The van der Waals surface area contributed by atoms with Gasteiger partial charge in [0.1, 0.15) is 6.04 Å². The molecule has 0 spiro atoms. The molecule has 144 valence electrons. The van der Waals surface area contributed by atoms with Gasteiger partial charge in [0.2, 0.25) is 11.8 Å². The molecule has 7 nitrogen and oxygen atoms in total. The molecule has 0 radical (unpaired) electrons. The van der Waals surface area contributed by atoms with E-state index in [0.29, 0.717) is 17.5 Å². The Kier molecular flexibility index (Phi) is 4.80. The summed E-state index contributed by atoms with van der Waals surface area (Å²) >= 11 is 0. The maximum Gasteiger partial charge on any atom is 0.255 e. The molecule has 2 aliphatic rings. The first kappa shape index (κ1) is 19.1. The Balaban J connectivity index is 1.77. The zero-order chi connectivity index (χ0) is 19.9. The predicted molar refractivity (Wildman–Crippen MR) is 98.9 cm³/mol. The summed E-state index contributed by atoms with van der Waals surface area (Å²) in [7, 11) is 0. The van der Waals surface area contributed by atoms with Crippen LogP contribution in [0.1, 0.15) is 66.8 Å². The number of nitrogens with one attached hydrogen (secondary N) is 2. The number of benzene rings is 1. The Morgan fingerprint density at radius 1 is 1.26 bits per heavy atom. The van der Waals surface area contributed by atoms with Gasteiger partial charge in [-0.15, -0.1) is 0 Å². The highest BCUT2D eigenvalue weighted by molar-refractivity contribution is 6.06. The van der Waals surface area contributed by atoms with E-state index < -0.39 is 11.9 Å². The van der Waals surface area contributed by atoms with Gasteiger partial charge in [-0.2, -0.15) is 0 Å². The van der Waals surface area contributed by atoms with Crippen molar-refractivity contribution >= 4 is 23.6 Å². The molecule has 2 heterocycles. The van der Waals surface area contributed by atoms with E-state index in [0.717, 1.165) is 5.56 Å². The van der Waals surface area contributed by atoms with Crippen LogP contribution in [0.5, 0.6) is 0 Å². The number of fused-ring (bicyclic) bond motifs is 1. The van der Waals surface area contributed by atoms with Gasteiger partial charge in [-0.3, -0.25) is 24.5 Å². The molecule has 0 bridgehead atoms. The average molecular weight is 371 g/mol. The Labute approximate surface area is 158 Å². The lowest BCUT2D eigenvalue weighted by atomic mass is 9.88. The van der Waals surface area contributed by atoms with Crippen molar-refractivity contribution in [2.45, 2.75) is 59.2 Å². The van der Waals surface area contributed by atoms with Gasteiger partial charge in [0.25, 0.3) is 11.8 Å². The van der Waals surface area contributed by atoms with E-state index in [1.807, 2.05) is 6.92 Å². The molecule has 2 N–H and O–H groups in total. The minimum atomic E-state index is -0.652. The Morgan fingerprint density at radius 3 is 2.59 bits per heavy atom. The minimum Gasteiger partial charge on any atom is -0.349 e. The monoisotopic (exact) mass is 371 g/mol. The summed E-state index contributed by atoms with van der Waals surface area (Å²) in [6.07, 6.45) is 0.537. The third-order valence-electron chi connectivity index (χ3n) is 5.43. The summed E-state index contributed by atoms with van der Waals surface area (Å²) in [5.74, 6) is -1.18. The zero-order valence-electron chi connectivity index (χ0n) is 16.1. The van der Waals surface area contributed by atoms with E-state index >= 15 is 0 Å². The van der Waals surface area contributed by atoms with Gasteiger partial charge >= 0.3 is 0 Å². The van der Waals surface area contributed by atoms with Crippen LogP contribution in [0, 0.1) is 5.41 Å². The summed E-state index contributed by atoms with van der Waals surface area (Å²) in [6, 6.07) is 4.32. The minimum absolute atomic E-state index is 0.0140. The number of rotatable bonds is 3. The maximum atomic E-state index is 12.7. The maximum absolute atomic E-state index is 12.7. The summed E-state index contributed by atoms with van der Waals surface area (Å²) in [5.41, 5.74) is 1.65. The summed E-state index contributed by atoms with van der Waals surface area (Å²) in [5, 5.41) is 5.27. The number of nitrogens with zero attached hydrogens (tertiary/aromatic N) is 1. The van der Waals surface area contributed by atoms with Crippen LogP contribution in [0.2, 0.25) is 0 Å². The van der Waals surface area contributed by atoms with Crippen LogP contribution in [0.3, 0.4) is 0 Å². The molecule has 7 heteroatoms. The van der Waals surface area contributed by atoms with Crippen molar-refractivity contribution in [3.63, 3.8) is 0 Å². The predicted octanol–water partition coefficient (Wildman–Crippen LogP) is 1.61. The molecule has 3 rings (SSSR count). The molecule has 0 aliphatic carbocycles. The lowest BCUT2D eigenvalue weighted by molar-refractivity contribution is -0.136. The molecule has 0 saturated carbocycles. The van der Waals surface area contributed by atoms with Crippen LogP contribution < -0.4 is 10.6 Å². The van der Waals surface area contributed by atoms with E-state index in [1.165, 1.54) is 4.90 Å². The molecule has 27 heavy (non-hydrogen) atoms. The van der Waals surface area contributed by atoms with Crippen molar-refractivity contribution in [1.29, 1.82) is 0 Å². The standard InChI is InChI=1S/C20H25N3O4/c1-11(20(2,3)4)21-17(25)12-5-6-14-13(9-12)10-23(19(14)27)15-7-8-16(24)22-18(15)26/h5-6,9,11,15H,7-8,10H2,1-4H3,(H,21,25)(H,22,24,26)/t11-,15?/m0/s1. The molecular weight excluding hydrogens is 346 g/mol. The fourth-order valence-electron chi connectivity index (χ4n) is 3.21. The van der Waals surface area contributed by atoms with E-state index in [1.54, 1.807) is 18.2 Å². The fraction of sp³-hybridized carbons (Fsp3) is 0.500. The lowest BCUT2D eigenvalue weighted by Gasteiger charge is -2.29. The number of hydrogen-bond acceptors (Lipinski definition) is 4. The second-order valence-corrected chi connectivity index (χ2v) is 8.33. The summed E-state index contributed by atoms with van der Waals surface area (Å²) in [6.45, 7) is 8.38. The number of carbonyl (C=O) groups is 4. The molecular formula is C20H25N3O4. The van der Waals surface area contributed by atoms with E-state index in [9.17, 15) is 19.2 Å². The fourth-order valence-corrected chi connectivity index (χ4v) is 3.21. The topological polar surface area (TPSA) is 95.6 Å². The van der Waals surface area contributed by atoms with Crippen LogP contribution in [-0.4, -0.2) is 40.6 Å². The number of carbonyl (C=O) groups excluding carboxylic acids is 4. The van der Waals surface area contributed by atoms with Gasteiger partial charge in [-0.05, 0) is 42.5 Å². The van der Waals surface area contributed by atoms with Crippen molar-refractivity contribution in [2.75, 3.05) is 0 Å². The molecule has 1 fully saturated rings. The van der Waals surface area contributed by atoms with E-state index in [-0.39, 0.29) is 42.1 Å². The number of imide groups is 1. The molecule has 2 atom stereocenters. The molecule has 0 aromatic heterocycles. The van der Waals surface area contributed by atoms with Crippen molar-refractivity contribution in [3.05, 3.63) is 34.9 Å². The summed E-state index contributed by atoms with van der Waals surface area (Å²) in [4.78, 5) is 50.1. The third-order valence-corrected chi connectivity index (χ3v) is 5.43. The SMILES string of the molecule is C[C@H](NC(=O)c1ccc2c(c1)CN(C1CCC(=O)NC1=O)C2=O)C(C)(C)C. The van der Waals surface area contributed by atoms with Crippen molar-refractivity contribution < 1.29 is 19.2 Å². The average Bonchev–Trinajstić information content (AvgIpc) is 2.90. The van der Waals surface area contributed by atoms with Crippen molar-refractivity contribution in [3.8, 4) is 0 Å². The van der Waals surface area contributed by atoms with Crippen LogP contribution >= 0.6 is 0 Å². The third kappa shape index (κ3) is 3.72. The number of piperidine rings is 1. The highest BCUT2D eigenvalue weighted by atomic mass is 16.2. The van der Waals surface area contributed by atoms with E-state index in [2.05, 4.69) is 31.4 Å². The van der Waals surface area contributed by atoms with Gasteiger partial charge in [0.15, 0.2) is 0 Å². The molecule has 4 amide bonds. The largest absolute Gasteiger partial charge is 0.349 e. The van der Waals surface area contributed by atoms with Gasteiger partial charge in [-0.1, -0.05) is 20.8 Å². The van der Waals surface area contributed by atoms with E-state index in [4.69, 9.17) is 0 Å². The number of amides is 4. The highest BCUT2D eigenvalue weighted by Gasteiger charge is 2.39.